The fourth-order valence-electron chi connectivity index (χ4n) is 3.22. The van der Waals surface area contributed by atoms with Crippen molar-refractivity contribution in [2.45, 2.75) is 31.2 Å². The number of ether oxygens (including phenoxy) is 3. The Morgan fingerprint density at radius 3 is 2.16 bits per heavy atom. The molecule has 0 spiro atoms. The molecule has 0 fully saturated rings. The predicted molar refractivity (Wildman–Crippen MR) is 118 cm³/mol. The molecule has 0 aliphatic heterocycles. The normalized spacial score (nSPS) is 12.4. The fraction of sp³-hybridized carbons (Fsp3) is 0.409. The van der Waals surface area contributed by atoms with Gasteiger partial charge in [0.2, 0.25) is 15.9 Å². The molecule has 2 rings (SSSR count). The van der Waals surface area contributed by atoms with Gasteiger partial charge < -0.3 is 19.5 Å². The molecule has 1 amide bonds. The molecule has 0 bridgehead atoms. The van der Waals surface area contributed by atoms with Crippen LogP contribution in [0.1, 0.15) is 30.5 Å². The first kappa shape index (κ1) is 24.5. The quantitative estimate of drug-likeness (QED) is 0.598. The van der Waals surface area contributed by atoms with Gasteiger partial charge in [0, 0.05) is 13.1 Å². The lowest BCUT2D eigenvalue weighted by atomic mass is 10.0. The van der Waals surface area contributed by atoms with Crippen LogP contribution in [0.3, 0.4) is 0 Å². The molecule has 0 aliphatic carbocycles. The zero-order chi connectivity index (χ0) is 23.2. The van der Waals surface area contributed by atoms with Gasteiger partial charge in [0.25, 0.3) is 0 Å². The van der Waals surface area contributed by atoms with Crippen molar-refractivity contribution in [1.29, 1.82) is 0 Å². The molecular formula is C22H30N2O6S. The number of aryl methyl sites for hydroxylation is 1. The number of nitrogens with one attached hydrogen (secondary N) is 1. The monoisotopic (exact) mass is 450 g/mol. The van der Waals surface area contributed by atoms with Crippen LogP contribution in [-0.2, 0) is 14.8 Å². The summed E-state index contributed by atoms with van der Waals surface area (Å²) in [7, 11) is 1.97. The third-order valence-corrected chi connectivity index (χ3v) is 6.79. The van der Waals surface area contributed by atoms with Gasteiger partial charge in [-0.3, -0.25) is 4.79 Å². The Morgan fingerprint density at radius 1 is 1.00 bits per heavy atom. The highest BCUT2D eigenvalue weighted by molar-refractivity contribution is 7.89. The van der Waals surface area contributed by atoms with Gasteiger partial charge in [0.15, 0.2) is 11.5 Å². The highest BCUT2D eigenvalue weighted by atomic mass is 32.2. The second kappa shape index (κ2) is 10.5. The summed E-state index contributed by atoms with van der Waals surface area (Å²) in [4.78, 5) is 12.6. The number of methoxy groups -OCH3 is 3. The van der Waals surface area contributed by atoms with Gasteiger partial charge >= 0.3 is 0 Å². The number of nitrogens with zero attached hydrogens (tertiary/aromatic N) is 1. The maximum Gasteiger partial charge on any atom is 0.243 e. The van der Waals surface area contributed by atoms with Gasteiger partial charge in [-0.05, 0) is 42.7 Å². The van der Waals surface area contributed by atoms with Crippen LogP contribution >= 0.6 is 0 Å². The lowest BCUT2D eigenvalue weighted by Crippen LogP contribution is -2.39. The number of likely N-dealkylation sites (N-methyl/N-ethyl adjacent to an activating group) is 1. The minimum Gasteiger partial charge on any atom is -0.496 e. The standard InChI is InChI=1S/C22H30N2O6S/c1-7-18(16-8-10-19(28-4)15(2)12-16)23-22(25)14-24(3)31(26,27)17-9-11-20(29-5)21(13-17)30-6/h8-13,18H,7,14H2,1-6H3,(H,23,25)/t18-/m1/s1. The summed E-state index contributed by atoms with van der Waals surface area (Å²) in [6, 6.07) is 9.76. The maximum absolute atomic E-state index is 12.9. The van der Waals surface area contributed by atoms with E-state index >= 15 is 0 Å². The first-order chi connectivity index (χ1) is 14.7. The second-order valence-electron chi connectivity index (χ2n) is 7.04. The van der Waals surface area contributed by atoms with Crippen LogP contribution in [0.2, 0.25) is 0 Å². The zero-order valence-electron chi connectivity index (χ0n) is 18.8. The van der Waals surface area contributed by atoms with Crippen LogP contribution in [0.4, 0.5) is 0 Å². The highest BCUT2D eigenvalue weighted by Crippen LogP contribution is 2.30. The van der Waals surface area contributed by atoms with E-state index in [0.29, 0.717) is 17.9 Å². The van der Waals surface area contributed by atoms with Gasteiger partial charge in [-0.2, -0.15) is 4.31 Å². The number of hydrogen-bond acceptors (Lipinski definition) is 6. The van der Waals surface area contributed by atoms with Gasteiger partial charge in [0.05, 0.1) is 38.8 Å². The largest absolute Gasteiger partial charge is 0.496 e. The molecule has 1 N–H and O–H groups in total. The number of benzene rings is 2. The Kier molecular flexibility index (Phi) is 8.29. The van der Waals surface area contributed by atoms with E-state index in [0.717, 1.165) is 21.2 Å². The lowest BCUT2D eigenvalue weighted by molar-refractivity contribution is -0.121. The molecule has 0 unspecified atom stereocenters. The van der Waals surface area contributed by atoms with Crippen molar-refractivity contribution in [3.05, 3.63) is 47.5 Å². The highest BCUT2D eigenvalue weighted by Gasteiger charge is 2.25. The van der Waals surface area contributed by atoms with E-state index in [4.69, 9.17) is 14.2 Å². The summed E-state index contributed by atoms with van der Waals surface area (Å²) in [5.41, 5.74) is 1.89. The average molecular weight is 451 g/mol. The smallest absolute Gasteiger partial charge is 0.243 e. The molecule has 0 heterocycles. The Bertz CT molecular complexity index is 1020. The van der Waals surface area contributed by atoms with Crippen LogP contribution < -0.4 is 19.5 Å². The number of amides is 1. The number of carbonyl (C=O) groups excluding carboxylic acids is 1. The van der Waals surface area contributed by atoms with Crippen LogP contribution in [0, 0.1) is 6.92 Å². The molecule has 0 radical (unpaired) electrons. The summed E-state index contributed by atoms with van der Waals surface area (Å²) in [5.74, 6) is 1.09. The van der Waals surface area contributed by atoms with Crippen molar-refractivity contribution < 1.29 is 27.4 Å². The Morgan fingerprint density at radius 2 is 1.61 bits per heavy atom. The molecule has 1 atom stereocenters. The van der Waals surface area contributed by atoms with Crippen molar-refractivity contribution in [2.24, 2.45) is 0 Å². The van der Waals surface area contributed by atoms with E-state index in [1.807, 2.05) is 32.0 Å². The minimum atomic E-state index is -3.89. The van der Waals surface area contributed by atoms with Gasteiger partial charge in [0.1, 0.15) is 5.75 Å². The maximum atomic E-state index is 12.9. The Balaban J connectivity index is 2.14. The topological polar surface area (TPSA) is 94.2 Å². The minimum absolute atomic E-state index is 0.0123. The summed E-state index contributed by atoms with van der Waals surface area (Å²) in [6.07, 6.45) is 0.656. The Hall–Kier alpha value is -2.78. The molecule has 2 aromatic rings. The molecular weight excluding hydrogens is 420 g/mol. The second-order valence-corrected chi connectivity index (χ2v) is 9.08. The SMILES string of the molecule is CC[C@@H](NC(=O)CN(C)S(=O)(=O)c1ccc(OC)c(OC)c1)c1ccc(OC)c(C)c1. The van der Waals surface area contributed by atoms with Crippen molar-refractivity contribution in [3.8, 4) is 17.2 Å². The summed E-state index contributed by atoms with van der Waals surface area (Å²) >= 11 is 0. The third-order valence-electron chi connectivity index (χ3n) is 4.99. The van der Waals surface area contributed by atoms with Gasteiger partial charge in [-0.1, -0.05) is 19.1 Å². The molecule has 9 heteroatoms. The van der Waals surface area contributed by atoms with Crippen molar-refractivity contribution >= 4 is 15.9 Å². The number of rotatable bonds is 10. The van der Waals surface area contributed by atoms with E-state index in [2.05, 4.69) is 5.32 Å². The lowest BCUT2D eigenvalue weighted by Gasteiger charge is -2.22. The van der Waals surface area contributed by atoms with Crippen LogP contribution in [0.5, 0.6) is 17.2 Å². The first-order valence-corrected chi connectivity index (χ1v) is 11.2. The third kappa shape index (κ3) is 5.68. The molecule has 170 valence electrons. The van der Waals surface area contributed by atoms with Crippen molar-refractivity contribution in [2.75, 3.05) is 34.9 Å². The van der Waals surface area contributed by atoms with E-state index in [9.17, 15) is 13.2 Å². The van der Waals surface area contributed by atoms with E-state index in [1.54, 1.807) is 7.11 Å². The summed E-state index contributed by atoms with van der Waals surface area (Å²) in [6.45, 7) is 3.57. The molecule has 2 aromatic carbocycles. The van der Waals surface area contributed by atoms with Crippen molar-refractivity contribution in [1.82, 2.24) is 9.62 Å². The molecule has 0 saturated carbocycles. The predicted octanol–water partition coefficient (Wildman–Crippen LogP) is 2.91. The van der Waals surface area contributed by atoms with E-state index < -0.39 is 15.9 Å². The summed E-state index contributed by atoms with van der Waals surface area (Å²) < 4.78 is 42.4. The molecule has 0 aliphatic rings. The summed E-state index contributed by atoms with van der Waals surface area (Å²) in [5, 5.41) is 2.91. The number of sulfonamides is 1. The van der Waals surface area contributed by atoms with Crippen molar-refractivity contribution in [3.63, 3.8) is 0 Å². The average Bonchev–Trinajstić information content (AvgIpc) is 2.76. The van der Waals surface area contributed by atoms with Crippen LogP contribution in [-0.4, -0.2) is 53.6 Å². The first-order valence-electron chi connectivity index (χ1n) is 9.80. The molecule has 31 heavy (non-hydrogen) atoms. The van der Waals surface area contributed by atoms with Gasteiger partial charge in [-0.15, -0.1) is 0 Å². The molecule has 0 aromatic heterocycles. The Labute approximate surface area is 184 Å². The fourth-order valence-corrected chi connectivity index (χ4v) is 4.37. The zero-order valence-corrected chi connectivity index (χ0v) is 19.6. The van der Waals surface area contributed by atoms with Crippen LogP contribution in [0.15, 0.2) is 41.3 Å². The molecule has 0 saturated heterocycles. The molecule has 8 nitrogen and oxygen atoms in total. The van der Waals surface area contributed by atoms with E-state index in [1.165, 1.54) is 39.5 Å². The van der Waals surface area contributed by atoms with Crippen LogP contribution in [0.25, 0.3) is 0 Å². The number of hydrogen-bond donors (Lipinski definition) is 1. The number of carbonyl (C=O) groups is 1. The van der Waals surface area contributed by atoms with E-state index in [-0.39, 0.29) is 17.5 Å². The van der Waals surface area contributed by atoms with Gasteiger partial charge in [-0.25, -0.2) is 8.42 Å².